The smallest absolute Gasteiger partial charge is 0.222 e. The fourth-order valence-electron chi connectivity index (χ4n) is 12.1. The standard InChI is InChI=1S/C30H35F2N7.C16H16F2N4.C13H19ClN4/c1-19(2)39-20(3)36-29-25(31)9-22(10-27(29)39)24-11-23(33-15-26(24)32)12-28-34-13-21(14-35-28)16-38-17-30(18-38)5-7-37(4)8-6-30;1-8(2)22-9(3)21-16-12(17)4-10(5-14(16)22)11-6-15(19)20-7-13(11)18;1-17-4-2-13(3-5-17)9-18(10-13)8-11-6-15-12(14)16-7-11/h9-11,13-15,19H,5-8,12,16-18H2,1-4H3;4-8H,1-3H3,(H2,19,20);6-7H,2-5,8-10H2,1H3. The van der Waals surface area contributed by atoms with Gasteiger partial charge in [-0.2, -0.15) is 0 Å². The molecule has 0 saturated carbocycles. The van der Waals surface area contributed by atoms with Gasteiger partial charge in [0.05, 0.1) is 29.8 Å². The molecule has 10 heterocycles. The van der Waals surface area contributed by atoms with Crippen LogP contribution in [0.3, 0.4) is 0 Å². The second-order valence-corrected chi connectivity index (χ2v) is 23.4. The summed E-state index contributed by atoms with van der Waals surface area (Å²) in [5, 5.41) is 0.328. The maximum absolute atomic E-state index is 15.0. The van der Waals surface area contributed by atoms with Crippen LogP contribution in [-0.4, -0.2) is 135 Å². The second-order valence-electron chi connectivity index (χ2n) is 23.1. The number of hydrogen-bond acceptors (Lipinski definition) is 13. The number of halogens is 5. The molecule has 2 N–H and O–H groups in total. The van der Waals surface area contributed by atoms with Crippen LogP contribution in [0.4, 0.5) is 23.4 Å². The van der Waals surface area contributed by atoms with Gasteiger partial charge in [0.1, 0.15) is 46.0 Å². The minimum absolute atomic E-state index is 0.0964. The Morgan fingerprint density at radius 3 is 1.41 bits per heavy atom. The first-order valence-electron chi connectivity index (χ1n) is 27.2. The number of likely N-dealkylation sites (tertiary alicyclic amines) is 4. The molecule has 0 radical (unpaired) electrons. The van der Waals surface area contributed by atoms with Gasteiger partial charge in [0, 0.05) is 104 Å². The van der Waals surface area contributed by atoms with Crippen molar-refractivity contribution in [1.82, 2.24) is 68.6 Å². The predicted molar refractivity (Wildman–Crippen MR) is 301 cm³/mol. The van der Waals surface area contributed by atoms with E-state index < -0.39 is 23.3 Å². The summed E-state index contributed by atoms with van der Waals surface area (Å²) in [6.07, 6.45) is 15.3. The van der Waals surface area contributed by atoms with Crippen molar-refractivity contribution in [1.29, 1.82) is 0 Å². The first-order valence-corrected chi connectivity index (χ1v) is 27.6. The second kappa shape index (κ2) is 22.9. The summed E-state index contributed by atoms with van der Waals surface area (Å²) in [7, 11) is 4.42. The van der Waals surface area contributed by atoms with E-state index in [1.807, 2.05) is 75.5 Å². The number of aryl methyl sites for hydroxylation is 2. The van der Waals surface area contributed by atoms with E-state index in [2.05, 4.69) is 73.6 Å². The number of pyridine rings is 2. The van der Waals surface area contributed by atoms with Crippen molar-refractivity contribution < 1.29 is 17.6 Å². The van der Waals surface area contributed by atoms with Crippen molar-refractivity contribution in [2.75, 3.05) is 72.2 Å². The Bertz CT molecular complexity index is 3440. The van der Waals surface area contributed by atoms with Gasteiger partial charge >= 0.3 is 0 Å². The Morgan fingerprint density at radius 1 is 0.544 bits per heavy atom. The lowest BCUT2D eigenvalue weighted by molar-refractivity contribution is -0.0472. The number of piperidine rings is 2. The molecule has 15 nitrogen and oxygen atoms in total. The molecule has 0 bridgehead atoms. The minimum Gasteiger partial charge on any atom is -0.384 e. The van der Waals surface area contributed by atoms with E-state index in [-0.39, 0.29) is 29.0 Å². The van der Waals surface area contributed by atoms with E-state index in [0.29, 0.717) is 67.3 Å². The van der Waals surface area contributed by atoms with Crippen LogP contribution in [0.2, 0.25) is 5.28 Å². The van der Waals surface area contributed by atoms with Crippen molar-refractivity contribution in [3.63, 3.8) is 0 Å². The molecule has 4 fully saturated rings. The zero-order valence-corrected chi connectivity index (χ0v) is 47.2. The number of fused-ring (bicyclic) bond motifs is 2. The lowest BCUT2D eigenvalue weighted by Gasteiger charge is -2.53. The maximum atomic E-state index is 15.0. The van der Waals surface area contributed by atoms with Gasteiger partial charge in [-0.3, -0.25) is 14.8 Å². The molecule has 0 atom stereocenters. The van der Waals surface area contributed by atoms with Crippen LogP contribution < -0.4 is 5.73 Å². The number of aromatic nitrogens is 10. The zero-order chi connectivity index (χ0) is 55.9. The van der Waals surface area contributed by atoms with Crippen molar-refractivity contribution in [3.05, 3.63) is 136 Å². The van der Waals surface area contributed by atoms with E-state index in [4.69, 9.17) is 17.3 Å². The third kappa shape index (κ3) is 12.3. The van der Waals surface area contributed by atoms with Crippen LogP contribution in [0.1, 0.15) is 99.8 Å². The minimum atomic E-state index is -0.541. The molecule has 4 saturated heterocycles. The Labute approximate surface area is 464 Å². The van der Waals surface area contributed by atoms with Gasteiger partial charge < -0.3 is 24.7 Å². The number of anilines is 1. The molecule has 2 spiro atoms. The summed E-state index contributed by atoms with van der Waals surface area (Å²) in [5.74, 6) is 0.257. The van der Waals surface area contributed by atoms with E-state index in [9.17, 15) is 13.2 Å². The van der Waals surface area contributed by atoms with Crippen LogP contribution in [0.15, 0.2) is 73.6 Å². The van der Waals surface area contributed by atoms with Crippen LogP contribution >= 0.6 is 11.6 Å². The molecule has 8 aromatic rings. The Balaban J connectivity index is 0.000000148. The SMILES string of the molecule is CN1CCC2(CC1)CN(Cc1cnc(Cl)nc1)C2.Cc1nc2c(F)cc(-c3cc(Cc4ncc(CN5CC6(CCN(C)CC6)C5)cn4)ncc3F)cc2n1C(C)C.Cc1nc2c(F)cc(-c3cc(N)ncc3F)cc2n1C(C)C. The quantitative estimate of drug-likeness (QED) is 0.102. The van der Waals surface area contributed by atoms with Crippen LogP contribution in [0.5, 0.6) is 0 Å². The van der Waals surface area contributed by atoms with Crippen molar-refractivity contribution in [2.45, 2.75) is 98.8 Å². The highest BCUT2D eigenvalue weighted by Crippen LogP contribution is 2.42. The first-order chi connectivity index (χ1) is 37.7. The summed E-state index contributed by atoms with van der Waals surface area (Å²) in [4.78, 5) is 43.6. The normalized spacial score (nSPS) is 17.5. The molecule has 12 rings (SSSR count). The molecular weight excluding hydrogens is 1030 g/mol. The van der Waals surface area contributed by atoms with E-state index in [0.717, 1.165) is 55.2 Å². The van der Waals surface area contributed by atoms with Crippen molar-refractivity contribution in [2.24, 2.45) is 10.8 Å². The van der Waals surface area contributed by atoms with Gasteiger partial charge in [-0.25, -0.2) is 52.4 Å². The lowest BCUT2D eigenvalue weighted by Crippen LogP contribution is -2.59. The number of rotatable bonds is 10. The Hall–Kier alpha value is -6.51. The molecule has 0 aliphatic carbocycles. The number of nitrogens with zero attached hydrogens (tertiary/aromatic N) is 14. The van der Waals surface area contributed by atoms with Crippen molar-refractivity contribution in [3.8, 4) is 22.3 Å². The average molecular weight is 1100 g/mol. The summed E-state index contributed by atoms with van der Waals surface area (Å²) in [6, 6.07) is 9.44. The van der Waals surface area contributed by atoms with Gasteiger partial charge in [-0.1, -0.05) is 0 Å². The fraction of sp³-hybridized carbons (Fsp3) is 0.458. The maximum Gasteiger partial charge on any atom is 0.222 e. The highest BCUT2D eigenvalue weighted by molar-refractivity contribution is 6.28. The molecule has 0 unspecified atom stereocenters. The van der Waals surface area contributed by atoms with Gasteiger partial charge in [-0.05, 0) is 177 Å². The average Bonchev–Trinajstić information content (AvgIpc) is 4.19. The van der Waals surface area contributed by atoms with E-state index >= 15 is 4.39 Å². The Morgan fingerprint density at radius 2 is 0.962 bits per heavy atom. The first kappa shape index (κ1) is 55.8. The highest BCUT2D eigenvalue weighted by atomic mass is 35.5. The fourth-order valence-corrected chi connectivity index (χ4v) is 12.2. The highest BCUT2D eigenvalue weighted by Gasteiger charge is 2.45. The molecule has 20 heteroatoms. The van der Waals surface area contributed by atoms with Crippen LogP contribution in [-0.2, 0) is 19.5 Å². The molecular formula is C59H70ClF4N15. The number of hydrogen-bond donors (Lipinski definition) is 1. The number of imidazole rings is 2. The van der Waals surface area contributed by atoms with Gasteiger partial charge in [0.2, 0.25) is 5.28 Å². The summed E-state index contributed by atoms with van der Waals surface area (Å²) in [6.45, 7) is 23.1. The zero-order valence-electron chi connectivity index (χ0n) is 46.4. The summed E-state index contributed by atoms with van der Waals surface area (Å²) < 4.78 is 62.2. The monoisotopic (exact) mass is 1100 g/mol. The van der Waals surface area contributed by atoms with Crippen molar-refractivity contribution >= 4 is 39.5 Å². The van der Waals surface area contributed by atoms with E-state index in [1.165, 1.54) is 89.3 Å². The lowest BCUT2D eigenvalue weighted by atomic mass is 9.72. The van der Waals surface area contributed by atoms with Crippen LogP contribution in [0.25, 0.3) is 44.3 Å². The van der Waals surface area contributed by atoms with Gasteiger partial charge in [-0.15, -0.1) is 0 Å². The number of nitrogens with two attached hydrogens (primary N) is 1. The third-order valence-electron chi connectivity index (χ3n) is 16.2. The molecule has 2 aromatic carbocycles. The van der Waals surface area contributed by atoms with Crippen LogP contribution in [0, 0.1) is 47.9 Å². The topological polar surface area (TPSA) is 152 Å². The largest absolute Gasteiger partial charge is 0.384 e. The van der Waals surface area contributed by atoms with E-state index in [1.54, 1.807) is 18.2 Å². The molecule has 0 amide bonds. The number of benzene rings is 2. The Kier molecular flexibility index (Phi) is 16.2. The summed E-state index contributed by atoms with van der Waals surface area (Å²) in [5.41, 5.74) is 12.8. The van der Waals surface area contributed by atoms with Gasteiger partial charge in [0.15, 0.2) is 11.6 Å². The van der Waals surface area contributed by atoms with Gasteiger partial charge in [0.25, 0.3) is 0 Å². The molecule has 79 heavy (non-hydrogen) atoms. The molecule has 6 aromatic heterocycles. The molecule has 4 aliphatic rings. The third-order valence-corrected chi connectivity index (χ3v) is 16.4. The predicted octanol–water partition coefficient (Wildman–Crippen LogP) is 10.7. The number of nitrogen functional groups attached to an aromatic ring is 1. The summed E-state index contributed by atoms with van der Waals surface area (Å²) >= 11 is 5.69. The molecule has 4 aliphatic heterocycles. The molecule has 416 valence electrons.